The van der Waals surface area contributed by atoms with Crippen molar-refractivity contribution in [2.75, 3.05) is 5.43 Å². The summed E-state index contributed by atoms with van der Waals surface area (Å²) in [6.07, 6.45) is 2.57. The van der Waals surface area contributed by atoms with E-state index >= 15 is 0 Å². The predicted molar refractivity (Wildman–Crippen MR) is 113 cm³/mol. The number of anilines is 1. The summed E-state index contributed by atoms with van der Waals surface area (Å²) >= 11 is 0. The number of aromatic nitrogens is 2. The third kappa shape index (κ3) is 4.87. The Hall–Kier alpha value is -3.92. The van der Waals surface area contributed by atoms with Crippen LogP contribution in [0.15, 0.2) is 64.5 Å². The largest absolute Gasteiger partial charge is 0.490 e. The first kappa shape index (κ1) is 19.8. The first-order valence-electron chi connectivity index (χ1n) is 9.27. The van der Waals surface area contributed by atoms with Crippen LogP contribution >= 0.6 is 0 Å². The number of hydrogen-bond donors (Lipinski definition) is 2. The molecule has 0 saturated carbocycles. The molecule has 2 aromatic carbocycles. The maximum Gasteiger partial charge on any atom is 0.270 e. The monoisotopic (exact) mass is 387 g/mol. The second kappa shape index (κ2) is 9.33. The standard InChI is InChI=1S/C22H21N5O2/c1-3-15(2)29-19-12-8-7-11-17(19)14-24-27-22-25-20(16-9-5-4-6-10-16)18(13-23)21(28)26-22/h4-12,14-15H,3H2,1-2H3,(H2,25,26,27,28). The quantitative estimate of drug-likeness (QED) is 0.472. The highest BCUT2D eigenvalue weighted by atomic mass is 16.5. The second-order valence-corrected chi connectivity index (χ2v) is 6.36. The molecule has 0 aliphatic rings. The minimum absolute atomic E-state index is 0.0435. The molecule has 3 aromatic rings. The zero-order valence-electron chi connectivity index (χ0n) is 16.2. The van der Waals surface area contributed by atoms with Gasteiger partial charge in [0, 0.05) is 11.1 Å². The molecule has 0 aliphatic carbocycles. The van der Waals surface area contributed by atoms with Crippen molar-refractivity contribution in [1.82, 2.24) is 9.97 Å². The molecule has 7 nitrogen and oxygen atoms in total. The van der Waals surface area contributed by atoms with Crippen LogP contribution in [0.3, 0.4) is 0 Å². The minimum atomic E-state index is -0.528. The summed E-state index contributed by atoms with van der Waals surface area (Å²) in [5, 5.41) is 13.5. The smallest absolute Gasteiger partial charge is 0.270 e. The van der Waals surface area contributed by atoms with Crippen LogP contribution in [-0.2, 0) is 0 Å². The van der Waals surface area contributed by atoms with Gasteiger partial charge in [-0.05, 0) is 25.5 Å². The van der Waals surface area contributed by atoms with E-state index in [1.807, 2.05) is 55.5 Å². The maximum atomic E-state index is 12.3. The van der Waals surface area contributed by atoms with Crippen LogP contribution in [0.25, 0.3) is 11.3 Å². The lowest BCUT2D eigenvalue weighted by atomic mass is 10.1. The normalized spacial score (nSPS) is 11.8. The molecule has 1 unspecified atom stereocenters. The molecule has 1 heterocycles. The molecule has 1 atom stereocenters. The first-order chi connectivity index (χ1) is 14.1. The Labute approximate surface area is 168 Å². The zero-order valence-corrected chi connectivity index (χ0v) is 16.2. The number of ether oxygens (including phenoxy) is 1. The van der Waals surface area contributed by atoms with Gasteiger partial charge in [0.25, 0.3) is 5.56 Å². The van der Waals surface area contributed by atoms with Gasteiger partial charge in [0.1, 0.15) is 17.4 Å². The van der Waals surface area contributed by atoms with E-state index in [-0.39, 0.29) is 17.6 Å². The van der Waals surface area contributed by atoms with E-state index in [4.69, 9.17) is 4.74 Å². The van der Waals surface area contributed by atoms with Gasteiger partial charge in [-0.25, -0.2) is 10.4 Å². The molecule has 0 saturated heterocycles. The summed E-state index contributed by atoms with van der Waals surface area (Å²) in [4.78, 5) is 19.2. The zero-order chi connectivity index (χ0) is 20.6. The molecule has 0 amide bonds. The number of para-hydroxylation sites is 1. The van der Waals surface area contributed by atoms with E-state index in [1.165, 1.54) is 0 Å². The third-order valence-electron chi connectivity index (χ3n) is 4.27. The van der Waals surface area contributed by atoms with Crippen molar-refractivity contribution in [1.29, 1.82) is 5.26 Å². The average molecular weight is 387 g/mol. The first-order valence-corrected chi connectivity index (χ1v) is 9.27. The van der Waals surface area contributed by atoms with Crippen molar-refractivity contribution in [3.63, 3.8) is 0 Å². The van der Waals surface area contributed by atoms with Crippen LogP contribution in [0.5, 0.6) is 5.75 Å². The van der Waals surface area contributed by atoms with Gasteiger partial charge in [-0.2, -0.15) is 10.4 Å². The molecular formula is C22H21N5O2. The summed E-state index contributed by atoms with van der Waals surface area (Å²) < 4.78 is 5.90. The third-order valence-corrected chi connectivity index (χ3v) is 4.27. The van der Waals surface area contributed by atoms with E-state index in [0.717, 1.165) is 17.7 Å². The number of hydrogen-bond acceptors (Lipinski definition) is 6. The highest BCUT2D eigenvalue weighted by Gasteiger charge is 2.13. The van der Waals surface area contributed by atoms with E-state index in [2.05, 4.69) is 27.4 Å². The minimum Gasteiger partial charge on any atom is -0.490 e. The van der Waals surface area contributed by atoms with Gasteiger partial charge >= 0.3 is 0 Å². The van der Waals surface area contributed by atoms with Crippen molar-refractivity contribution in [3.8, 4) is 23.1 Å². The highest BCUT2D eigenvalue weighted by Crippen LogP contribution is 2.20. The summed E-state index contributed by atoms with van der Waals surface area (Å²) in [5.41, 5.74) is 3.92. The van der Waals surface area contributed by atoms with Crippen LogP contribution in [0.4, 0.5) is 5.95 Å². The Bertz CT molecular complexity index is 1100. The fraction of sp³-hybridized carbons (Fsp3) is 0.182. The van der Waals surface area contributed by atoms with Gasteiger partial charge in [0.05, 0.1) is 18.0 Å². The van der Waals surface area contributed by atoms with Crippen LogP contribution in [0.1, 0.15) is 31.4 Å². The van der Waals surface area contributed by atoms with Gasteiger partial charge in [0.15, 0.2) is 0 Å². The highest BCUT2D eigenvalue weighted by molar-refractivity contribution is 5.83. The van der Waals surface area contributed by atoms with Gasteiger partial charge in [-0.3, -0.25) is 9.78 Å². The molecular weight excluding hydrogens is 366 g/mol. The molecule has 29 heavy (non-hydrogen) atoms. The Kier molecular flexibility index (Phi) is 6.38. The molecule has 0 radical (unpaired) electrons. The Morgan fingerprint density at radius 1 is 1.24 bits per heavy atom. The predicted octanol–water partition coefficient (Wildman–Crippen LogP) is 3.93. The summed E-state index contributed by atoms with van der Waals surface area (Å²) in [7, 11) is 0. The summed E-state index contributed by atoms with van der Waals surface area (Å²) in [5.74, 6) is 0.864. The number of hydrazone groups is 1. The van der Waals surface area contributed by atoms with Gasteiger partial charge in [-0.15, -0.1) is 0 Å². The lowest BCUT2D eigenvalue weighted by molar-refractivity contribution is 0.217. The molecule has 146 valence electrons. The summed E-state index contributed by atoms with van der Waals surface area (Å²) in [6, 6.07) is 18.5. The number of nitriles is 1. The van der Waals surface area contributed by atoms with Crippen molar-refractivity contribution < 1.29 is 4.74 Å². The van der Waals surface area contributed by atoms with Gasteiger partial charge < -0.3 is 4.74 Å². The molecule has 0 aliphatic heterocycles. The summed E-state index contributed by atoms with van der Waals surface area (Å²) in [6.45, 7) is 4.06. The second-order valence-electron chi connectivity index (χ2n) is 6.36. The Morgan fingerprint density at radius 3 is 2.69 bits per heavy atom. The lowest BCUT2D eigenvalue weighted by Crippen LogP contribution is -2.16. The molecule has 3 rings (SSSR count). The van der Waals surface area contributed by atoms with Crippen LogP contribution in [0.2, 0.25) is 0 Å². The van der Waals surface area contributed by atoms with Crippen molar-refractivity contribution in [2.45, 2.75) is 26.4 Å². The molecule has 1 aromatic heterocycles. The average Bonchev–Trinajstić information content (AvgIpc) is 2.75. The molecule has 0 spiro atoms. The number of nitrogens with one attached hydrogen (secondary N) is 2. The number of rotatable bonds is 7. The lowest BCUT2D eigenvalue weighted by Gasteiger charge is -2.14. The van der Waals surface area contributed by atoms with Crippen molar-refractivity contribution >= 4 is 12.2 Å². The number of aromatic amines is 1. The molecule has 0 fully saturated rings. The SMILES string of the molecule is CCC(C)Oc1ccccc1C=NNc1nc(-c2ccccc2)c(C#N)c(=O)[nH]1. The Balaban J connectivity index is 1.86. The topological polar surface area (TPSA) is 103 Å². The van der Waals surface area contributed by atoms with Crippen molar-refractivity contribution in [2.24, 2.45) is 5.10 Å². The van der Waals surface area contributed by atoms with Gasteiger partial charge in [0.2, 0.25) is 5.95 Å². The van der Waals surface area contributed by atoms with E-state index in [0.29, 0.717) is 11.3 Å². The van der Waals surface area contributed by atoms with Gasteiger partial charge in [-0.1, -0.05) is 49.4 Å². The van der Waals surface area contributed by atoms with E-state index < -0.39 is 5.56 Å². The van der Waals surface area contributed by atoms with Crippen LogP contribution in [-0.4, -0.2) is 22.3 Å². The fourth-order valence-electron chi connectivity index (χ4n) is 2.59. The molecule has 2 N–H and O–H groups in total. The van der Waals surface area contributed by atoms with E-state index in [9.17, 15) is 10.1 Å². The molecule has 7 heteroatoms. The van der Waals surface area contributed by atoms with Crippen LogP contribution < -0.4 is 15.7 Å². The van der Waals surface area contributed by atoms with Crippen LogP contribution in [0, 0.1) is 11.3 Å². The fourth-order valence-corrected chi connectivity index (χ4v) is 2.59. The number of H-pyrrole nitrogens is 1. The van der Waals surface area contributed by atoms with E-state index in [1.54, 1.807) is 18.3 Å². The maximum absolute atomic E-state index is 12.3. The Morgan fingerprint density at radius 2 is 1.97 bits per heavy atom. The number of benzene rings is 2. The number of nitrogens with zero attached hydrogens (tertiary/aromatic N) is 3. The molecule has 0 bridgehead atoms. The van der Waals surface area contributed by atoms with Crippen molar-refractivity contribution in [3.05, 3.63) is 76.1 Å².